The van der Waals surface area contributed by atoms with Crippen molar-refractivity contribution in [2.75, 3.05) is 20.8 Å². The Morgan fingerprint density at radius 3 is 2.09 bits per heavy atom. The van der Waals surface area contributed by atoms with Crippen molar-refractivity contribution in [3.8, 4) is 23.0 Å². The Morgan fingerprint density at radius 1 is 0.941 bits per heavy atom. The van der Waals surface area contributed by atoms with Crippen molar-refractivity contribution in [3.63, 3.8) is 0 Å². The van der Waals surface area contributed by atoms with Crippen LogP contribution in [0.4, 0.5) is 0 Å². The Morgan fingerprint density at radius 2 is 1.56 bits per heavy atom. The number of rotatable bonds is 12. The lowest BCUT2D eigenvalue weighted by atomic mass is 9.64. The molecule has 1 aliphatic rings. The van der Waals surface area contributed by atoms with Gasteiger partial charge in [-0.1, -0.05) is 57.7 Å². The second-order valence-electron chi connectivity index (χ2n) is 9.07. The zero-order valence-electron chi connectivity index (χ0n) is 21.2. The third-order valence-electron chi connectivity index (χ3n) is 6.85. The summed E-state index contributed by atoms with van der Waals surface area (Å²) in [6, 6.07) is 12.8. The summed E-state index contributed by atoms with van der Waals surface area (Å²) >= 11 is 0. The summed E-state index contributed by atoms with van der Waals surface area (Å²) in [6.07, 6.45) is 8.46. The number of phosphoric acid groups is 1. The van der Waals surface area contributed by atoms with Crippen LogP contribution in [-0.4, -0.2) is 20.8 Å². The van der Waals surface area contributed by atoms with Crippen LogP contribution in [0.15, 0.2) is 42.5 Å². The zero-order chi connectivity index (χ0) is 24.6. The fourth-order valence-electron chi connectivity index (χ4n) is 5.09. The molecule has 1 saturated carbocycles. The third-order valence-corrected chi connectivity index (χ3v) is 8.26. The quantitative estimate of drug-likeness (QED) is 0.281. The van der Waals surface area contributed by atoms with Gasteiger partial charge in [0.25, 0.3) is 0 Å². The monoisotopic (exact) mass is 490 g/mol. The highest BCUT2D eigenvalue weighted by Crippen LogP contribution is 2.56. The number of para-hydroxylation sites is 1. The van der Waals surface area contributed by atoms with Crippen molar-refractivity contribution in [2.24, 2.45) is 5.92 Å². The molecular weight excluding hydrogens is 451 g/mol. The first-order valence-corrected chi connectivity index (χ1v) is 13.8. The summed E-state index contributed by atoms with van der Waals surface area (Å²) in [7, 11) is -0.846. The van der Waals surface area contributed by atoms with Crippen LogP contribution in [0, 0.1) is 5.92 Å². The molecule has 7 heteroatoms. The molecule has 1 fully saturated rings. The Labute approximate surface area is 204 Å². The Kier molecular flexibility index (Phi) is 9.32. The first-order chi connectivity index (χ1) is 16.4. The molecule has 6 nitrogen and oxygen atoms in total. The van der Waals surface area contributed by atoms with Gasteiger partial charge in [0, 0.05) is 0 Å². The lowest BCUT2D eigenvalue weighted by Gasteiger charge is -2.41. The summed E-state index contributed by atoms with van der Waals surface area (Å²) in [5, 5.41) is 0. The summed E-state index contributed by atoms with van der Waals surface area (Å²) in [5.74, 6) is 2.09. The highest BCUT2D eigenvalue weighted by Gasteiger charge is 2.39. The van der Waals surface area contributed by atoms with E-state index < -0.39 is 7.82 Å². The van der Waals surface area contributed by atoms with E-state index in [0.717, 1.165) is 18.4 Å². The Hall–Kier alpha value is -2.17. The van der Waals surface area contributed by atoms with E-state index in [-0.39, 0.29) is 17.8 Å². The largest absolute Gasteiger partial charge is 0.587 e. The summed E-state index contributed by atoms with van der Waals surface area (Å²) < 4.78 is 42.1. The van der Waals surface area contributed by atoms with Gasteiger partial charge in [-0.15, -0.1) is 0 Å². The van der Waals surface area contributed by atoms with Gasteiger partial charge in [-0.2, -0.15) is 0 Å². The molecule has 0 aromatic heterocycles. The fraction of sp³-hybridized carbons (Fsp3) is 0.556. The molecule has 2 unspecified atom stereocenters. The molecule has 0 heterocycles. The maximum Gasteiger partial charge on any atom is 0.587 e. The molecule has 0 bridgehead atoms. The molecule has 0 N–H and O–H groups in total. The van der Waals surface area contributed by atoms with Crippen molar-refractivity contribution < 1.29 is 27.6 Å². The molecule has 2 atom stereocenters. The average molecular weight is 491 g/mol. The standard InChI is InChI=1S/C27H39O6P/c1-6-18-27(3,21-14-10-8-11-15-21)22-19-24(29-4)26(25(20-22)30-5)33-34(28,31-7-2)32-23-16-12-9-13-17-23/h9,12-13,16-17,19-21H,6-8,10-11,14-15,18H2,1-5H3. The molecule has 0 spiro atoms. The average Bonchev–Trinajstić information content (AvgIpc) is 2.85. The van der Waals surface area contributed by atoms with Crippen LogP contribution >= 0.6 is 7.82 Å². The van der Waals surface area contributed by atoms with Gasteiger partial charge in [0.1, 0.15) is 5.75 Å². The fourth-order valence-corrected chi connectivity index (χ4v) is 6.34. The lowest BCUT2D eigenvalue weighted by molar-refractivity contribution is 0.202. The lowest BCUT2D eigenvalue weighted by Crippen LogP contribution is -2.33. The molecule has 0 radical (unpaired) electrons. The number of methoxy groups -OCH3 is 2. The summed E-state index contributed by atoms with van der Waals surface area (Å²) in [4.78, 5) is 0. The van der Waals surface area contributed by atoms with E-state index in [9.17, 15) is 4.57 Å². The van der Waals surface area contributed by atoms with E-state index in [1.165, 1.54) is 32.1 Å². The van der Waals surface area contributed by atoms with Crippen LogP contribution < -0.4 is 18.5 Å². The Bertz CT molecular complexity index is 932. The van der Waals surface area contributed by atoms with E-state index in [1.54, 1.807) is 45.4 Å². The molecule has 3 rings (SSSR count). The van der Waals surface area contributed by atoms with Gasteiger partial charge in [0.2, 0.25) is 5.75 Å². The van der Waals surface area contributed by atoms with Gasteiger partial charge in [-0.3, -0.25) is 4.52 Å². The maximum absolute atomic E-state index is 13.5. The topological polar surface area (TPSA) is 63.2 Å². The van der Waals surface area contributed by atoms with Crippen LogP contribution in [0.5, 0.6) is 23.0 Å². The van der Waals surface area contributed by atoms with E-state index in [4.69, 9.17) is 23.0 Å². The smallest absolute Gasteiger partial charge is 0.493 e. The highest BCUT2D eigenvalue weighted by atomic mass is 31.2. The van der Waals surface area contributed by atoms with Gasteiger partial charge in [-0.05, 0) is 67.3 Å². The minimum atomic E-state index is -4.00. The van der Waals surface area contributed by atoms with Crippen LogP contribution in [0.1, 0.15) is 71.3 Å². The molecule has 1 aliphatic carbocycles. The van der Waals surface area contributed by atoms with E-state index in [0.29, 0.717) is 23.2 Å². The van der Waals surface area contributed by atoms with Crippen LogP contribution in [-0.2, 0) is 14.5 Å². The Balaban J connectivity index is 2.01. The van der Waals surface area contributed by atoms with Gasteiger partial charge in [-0.25, -0.2) is 4.57 Å². The SMILES string of the molecule is CCCC(C)(c1cc(OC)c(OP(=O)(OCC)Oc2ccccc2)c(OC)c1)C1CCCCC1. The van der Waals surface area contributed by atoms with Gasteiger partial charge in [0.05, 0.1) is 20.8 Å². The minimum Gasteiger partial charge on any atom is -0.493 e. The van der Waals surface area contributed by atoms with Gasteiger partial charge < -0.3 is 18.5 Å². The number of benzene rings is 2. The van der Waals surface area contributed by atoms with Gasteiger partial charge in [0.15, 0.2) is 11.5 Å². The number of hydrogen-bond donors (Lipinski definition) is 0. The molecule has 2 aromatic carbocycles. The van der Waals surface area contributed by atoms with Crippen molar-refractivity contribution >= 4 is 7.82 Å². The number of hydrogen-bond acceptors (Lipinski definition) is 6. The molecule has 34 heavy (non-hydrogen) atoms. The van der Waals surface area contributed by atoms with E-state index in [1.807, 2.05) is 18.2 Å². The van der Waals surface area contributed by atoms with Crippen molar-refractivity contribution in [2.45, 2.75) is 71.1 Å². The minimum absolute atomic E-state index is 0.0155. The third kappa shape index (κ3) is 6.09. The first kappa shape index (κ1) is 26.4. The predicted octanol–water partition coefficient (Wildman–Crippen LogP) is 7.94. The van der Waals surface area contributed by atoms with Crippen molar-refractivity contribution in [1.82, 2.24) is 0 Å². The van der Waals surface area contributed by atoms with Gasteiger partial charge >= 0.3 is 7.82 Å². The van der Waals surface area contributed by atoms with Crippen LogP contribution in [0.3, 0.4) is 0 Å². The van der Waals surface area contributed by atoms with Crippen LogP contribution in [0.25, 0.3) is 0 Å². The second kappa shape index (κ2) is 12.0. The van der Waals surface area contributed by atoms with Crippen molar-refractivity contribution in [3.05, 3.63) is 48.0 Å². The number of ether oxygens (including phenoxy) is 2. The van der Waals surface area contributed by atoms with Crippen molar-refractivity contribution in [1.29, 1.82) is 0 Å². The van der Waals surface area contributed by atoms with E-state index in [2.05, 4.69) is 13.8 Å². The number of phosphoric ester groups is 1. The molecular formula is C27H39O6P. The predicted molar refractivity (Wildman–Crippen MR) is 135 cm³/mol. The maximum atomic E-state index is 13.5. The molecule has 0 aliphatic heterocycles. The molecule has 0 saturated heterocycles. The molecule has 0 amide bonds. The molecule has 188 valence electrons. The highest BCUT2D eigenvalue weighted by molar-refractivity contribution is 7.49. The zero-order valence-corrected chi connectivity index (χ0v) is 22.1. The summed E-state index contributed by atoms with van der Waals surface area (Å²) in [6.45, 7) is 6.47. The molecule has 2 aromatic rings. The summed E-state index contributed by atoms with van der Waals surface area (Å²) in [5.41, 5.74) is 1.14. The van der Waals surface area contributed by atoms with E-state index >= 15 is 0 Å². The first-order valence-electron chi connectivity index (χ1n) is 12.3. The normalized spacial score (nSPS) is 17.9. The second-order valence-corrected chi connectivity index (χ2v) is 10.6. The van der Waals surface area contributed by atoms with Crippen LogP contribution in [0.2, 0.25) is 0 Å².